The van der Waals surface area contributed by atoms with E-state index in [1.54, 1.807) is 7.11 Å². The Morgan fingerprint density at radius 2 is 1.67 bits per heavy atom. The molecule has 1 aromatic carbocycles. The lowest BCUT2D eigenvalue weighted by Crippen LogP contribution is -2.38. The third kappa shape index (κ3) is 6.91. The van der Waals surface area contributed by atoms with Gasteiger partial charge in [-0.2, -0.15) is 0 Å². The molecule has 0 aliphatic rings. The van der Waals surface area contributed by atoms with Crippen LogP contribution in [0.3, 0.4) is 0 Å². The molecule has 4 heteroatoms. The van der Waals surface area contributed by atoms with Crippen molar-refractivity contribution in [3.8, 4) is 5.75 Å². The van der Waals surface area contributed by atoms with Crippen LogP contribution in [0.25, 0.3) is 0 Å². The normalized spacial score (nSPS) is 12.0. The molecule has 0 aromatic heterocycles. The number of carbonyl (C=O) groups is 1. The van der Waals surface area contributed by atoms with Crippen molar-refractivity contribution in [2.75, 3.05) is 19.0 Å². The quantitative estimate of drug-likeness (QED) is 0.582. The molecule has 0 bridgehead atoms. The number of anilines is 1. The summed E-state index contributed by atoms with van der Waals surface area (Å²) in [6.45, 7) is 9.01. The van der Waals surface area contributed by atoms with Crippen LogP contribution in [-0.4, -0.2) is 25.6 Å². The monoisotopic (exact) mass is 334 g/mol. The number of methoxy groups -OCH3 is 1. The Balaban J connectivity index is 2.39. The number of nitrogens with one attached hydrogen (secondary N) is 2. The molecule has 136 valence electrons. The van der Waals surface area contributed by atoms with Crippen LogP contribution in [0.5, 0.6) is 5.75 Å². The Labute approximate surface area is 147 Å². The fourth-order valence-corrected chi connectivity index (χ4v) is 2.79. The zero-order chi connectivity index (χ0) is 17.9. The number of aryl methyl sites for hydroxylation is 2. The highest BCUT2D eigenvalue weighted by Gasteiger charge is 2.15. The highest BCUT2D eigenvalue weighted by atomic mass is 16.5. The highest BCUT2D eigenvalue weighted by Crippen LogP contribution is 2.26. The number of benzene rings is 1. The summed E-state index contributed by atoms with van der Waals surface area (Å²) >= 11 is 0. The number of carbonyl (C=O) groups excluding carboxylic acids is 1. The van der Waals surface area contributed by atoms with Crippen molar-refractivity contribution in [1.29, 1.82) is 0 Å². The first-order valence-corrected chi connectivity index (χ1v) is 9.19. The predicted octanol–water partition coefficient (Wildman–Crippen LogP) is 4.59. The number of ether oxygens (including phenoxy) is 1. The maximum atomic E-state index is 12.4. The molecule has 2 N–H and O–H groups in total. The van der Waals surface area contributed by atoms with Crippen LogP contribution in [0.15, 0.2) is 12.1 Å². The summed E-state index contributed by atoms with van der Waals surface area (Å²) in [4.78, 5) is 12.4. The second-order valence-corrected chi connectivity index (χ2v) is 6.57. The van der Waals surface area contributed by atoms with Crippen molar-refractivity contribution in [3.05, 3.63) is 23.3 Å². The highest BCUT2D eigenvalue weighted by molar-refractivity contribution is 5.96. The van der Waals surface area contributed by atoms with Crippen molar-refractivity contribution < 1.29 is 9.53 Å². The maximum Gasteiger partial charge on any atom is 0.241 e. The van der Waals surface area contributed by atoms with E-state index in [1.165, 1.54) is 32.1 Å². The van der Waals surface area contributed by atoms with Gasteiger partial charge in [-0.15, -0.1) is 0 Å². The average molecular weight is 335 g/mol. The number of hydrogen-bond donors (Lipinski definition) is 2. The van der Waals surface area contributed by atoms with Gasteiger partial charge in [-0.1, -0.05) is 39.0 Å². The van der Waals surface area contributed by atoms with E-state index in [0.717, 1.165) is 35.5 Å². The third-order valence-electron chi connectivity index (χ3n) is 4.36. The summed E-state index contributed by atoms with van der Waals surface area (Å²) in [6, 6.07) is 3.69. The summed E-state index contributed by atoms with van der Waals surface area (Å²) in [6.07, 6.45) is 7.58. The summed E-state index contributed by atoms with van der Waals surface area (Å²) in [5.41, 5.74) is 2.92. The first kappa shape index (κ1) is 20.5. The molecule has 0 spiro atoms. The van der Waals surface area contributed by atoms with Crippen LogP contribution in [0.2, 0.25) is 0 Å². The average Bonchev–Trinajstić information content (AvgIpc) is 2.56. The first-order chi connectivity index (χ1) is 11.5. The van der Waals surface area contributed by atoms with Gasteiger partial charge in [0.05, 0.1) is 13.2 Å². The lowest BCUT2D eigenvalue weighted by Gasteiger charge is -2.17. The maximum absolute atomic E-state index is 12.4. The van der Waals surface area contributed by atoms with Crippen LogP contribution >= 0.6 is 0 Å². The summed E-state index contributed by atoms with van der Waals surface area (Å²) < 4.78 is 5.26. The van der Waals surface area contributed by atoms with Gasteiger partial charge in [0.1, 0.15) is 5.75 Å². The van der Waals surface area contributed by atoms with Gasteiger partial charge in [0.2, 0.25) is 5.91 Å². The Kier molecular flexibility index (Phi) is 9.46. The number of unbranched alkanes of at least 4 members (excludes halogenated alkanes) is 5. The van der Waals surface area contributed by atoms with Crippen LogP contribution < -0.4 is 15.4 Å². The van der Waals surface area contributed by atoms with Crippen molar-refractivity contribution in [2.45, 2.75) is 72.3 Å². The van der Waals surface area contributed by atoms with Gasteiger partial charge in [-0.05, 0) is 57.0 Å². The summed E-state index contributed by atoms with van der Waals surface area (Å²) in [5, 5.41) is 6.36. The molecule has 1 rings (SSSR count). The minimum Gasteiger partial charge on any atom is -0.497 e. The number of rotatable bonds is 11. The van der Waals surface area contributed by atoms with Crippen LogP contribution in [0.4, 0.5) is 5.69 Å². The predicted molar refractivity (Wildman–Crippen MR) is 102 cm³/mol. The molecule has 1 amide bonds. The van der Waals surface area contributed by atoms with E-state index in [4.69, 9.17) is 4.74 Å². The minimum absolute atomic E-state index is 0.0114. The number of hydrogen-bond acceptors (Lipinski definition) is 3. The molecule has 0 heterocycles. The van der Waals surface area contributed by atoms with E-state index in [0.29, 0.717) is 0 Å². The van der Waals surface area contributed by atoms with Gasteiger partial charge in [-0.25, -0.2) is 0 Å². The van der Waals surface area contributed by atoms with Crippen LogP contribution in [-0.2, 0) is 4.79 Å². The molecule has 1 aromatic rings. The molecule has 0 fully saturated rings. The van der Waals surface area contributed by atoms with Gasteiger partial charge in [0.15, 0.2) is 0 Å². The molecule has 0 radical (unpaired) electrons. The molecular weight excluding hydrogens is 300 g/mol. The standard InChI is InChI=1S/C20H34N2O2/c1-6-7-8-9-10-11-12-21-17(4)20(23)22-19-15(2)13-18(24-5)14-16(19)3/h13-14,17,21H,6-12H2,1-5H3,(H,22,23). The number of amides is 1. The van der Waals surface area contributed by atoms with Gasteiger partial charge < -0.3 is 15.4 Å². The van der Waals surface area contributed by atoms with Gasteiger partial charge in [-0.3, -0.25) is 4.79 Å². The van der Waals surface area contributed by atoms with Crippen molar-refractivity contribution in [1.82, 2.24) is 5.32 Å². The Hall–Kier alpha value is -1.55. The zero-order valence-electron chi connectivity index (χ0n) is 16.0. The molecule has 1 unspecified atom stereocenters. The van der Waals surface area contributed by atoms with E-state index in [1.807, 2.05) is 32.9 Å². The van der Waals surface area contributed by atoms with Crippen molar-refractivity contribution >= 4 is 11.6 Å². The second kappa shape index (κ2) is 11.1. The molecule has 0 saturated carbocycles. The fraction of sp³-hybridized carbons (Fsp3) is 0.650. The lowest BCUT2D eigenvalue weighted by molar-refractivity contribution is -0.117. The minimum atomic E-state index is -0.193. The topological polar surface area (TPSA) is 50.4 Å². The Morgan fingerprint density at radius 3 is 2.25 bits per heavy atom. The smallest absolute Gasteiger partial charge is 0.241 e. The third-order valence-corrected chi connectivity index (χ3v) is 4.36. The fourth-order valence-electron chi connectivity index (χ4n) is 2.79. The van der Waals surface area contributed by atoms with E-state index in [-0.39, 0.29) is 11.9 Å². The van der Waals surface area contributed by atoms with Gasteiger partial charge in [0.25, 0.3) is 0 Å². The van der Waals surface area contributed by atoms with E-state index in [9.17, 15) is 4.79 Å². The van der Waals surface area contributed by atoms with E-state index < -0.39 is 0 Å². The summed E-state index contributed by atoms with van der Waals surface area (Å²) in [7, 11) is 1.65. The largest absolute Gasteiger partial charge is 0.497 e. The zero-order valence-corrected chi connectivity index (χ0v) is 16.0. The van der Waals surface area contributed by atoms with Crippen LogP contribution in [0.1, 0.15) is 63.5 Å². The van der Waals surface area contributed by atoms with E-state index in [2.05, 4.69) is 17.6 Å². The van der Waals surface area contributed by atoms with Crippen molar-refractivity contribution in [2.24, 2.45) is 0 Å². The van der Waals surface area contributed by atoms with Gasteiger partial charge >= 0.3 is 0 Å². The van der Waals surface area contributed by atoms with Crippen LogP contribution in [0, 0.1) is 13.8 Å². The molecule has 0 aliphatic heterocycles. The summed E-state index contributed by atoms with van der Waals surface area (Å²) in [5.74, 6) is 0.828. The van der Waals surface area contributed by atoms with Gasteiger partial charge in [0, 0.05) is 5.69 Å². The Bertz CT molecular complexity index is 491. The molecule has 0 saturated heterocycles. The molecule has 0 aliphatic carbocycles. The molecule has 1 atom stereocenters. The van der Waals surface area contributed by atoms with Crippen molar-refractivity contribution in [3.63, 3.8) is 0 Å². The molecule has 24 heavy (non-hydrogen) atoms. The molecular formula is C20H34N2O2. The SMILES string of the molecule is CCCCCCCCNC(C)C(=O)Nc1c(C)cc(OC)cc1C. The second-order valence-electron chi connectivity index (χ2n) is 6.57. The first-order valence-electron chi connectivity index (χ1n) is 9.19. The molecule has 4 nitrogen and oxygen atoms in total. The Morgan fingerprint density at radius 1 is 1.08 bits per heavy atom. The lowest BCUT2D eigenvalue weighted by atomic mass is 10.1. The van der Waals surface area contributed by atoms with E-state index >= 15 is 0 Å².